The lowest BCUT2D eigenvalue weighted by molar-refractivity contribution is -0.185. The van der Waals surface area contributed by atoms with Gasteiger partial charge in [0.05, 0.1) is 29.8 Å². The molecule has 0 radical (unpaired) electrons. The number of ether oxygens (including phenoxy) is 2. The Hall–Kier alpha value is -2.77. The van der Waals surface area contributed by atoms with E-state index in [4.69, 9.17) is 9.47 Å². The van der Waals surface area contributed by atoms with Crippen LogP contribution in [-0.4, -0.2) is 56.9 Å². The van der Waals surface area contributed by atoms with E-state index in [2.05, 4.69) is 0 Å². The molecule has 10 heteroatoms. The number of benzene rings is 1. The van der Waals surface area contributed by atoms with E-state index >= 15 is 4.39 Å². The molecular weight excluding hydrogens is 432 g/mol. The highest BCUT2D eigenvalue weighted by Gasteiger charge is 2.46. The molecule has 176 valence electrons. The molecule has 1 aliphatic heterocycles. The number of amides is 1. The summed E-state index contributed by atoms with van der Waals surface area (Å²) in [4.78, 5) is 26.6. The lowest BCUT2D eigenvalue weighted by Gasteiger charge is -2.31. The van der Waals surface area contributed by atoms with Crippen LogP contribution in [0.3, 0.4) is 0 Å². The third kappa shape index (κ3) is 6.61. The monoisotopic (exact) mass is 458 g/mol. The summed E-state index contributed by atoms with van der Waals surface area (Å²) in [5, 5.41) is 9.28. The first kappa shape index (κ1) is 27.3. The van der Waals surface area contributed by atoms with Crippen LogP contribution in [0, 0.1) is 22.6 Å². The molecule has 0 spiro atoms. The van der Waals surface area contributed by atoms with Crippen molar-refractivity contribution in [3.05, 3.63) is 47.3 Å². The van der Waals surface area contributed by atoms with Crippen molar-refractivity contribution >= 4 is 11.7 Å². The quantitative estimate of drug-likeness (QED) is 0.645. The summed E-state index contributed by atoms with van der Waals surface area (Å²) in [5.74, 6) is -5.35. The predicted molar refractivity (Wildman–Crippen MR) is 108 cm³/mol. The molecule has 0 N–H and O–H groups in total. The number of hydrogen-bond donors (Lipinski definition) is 0. The smallest absolute Gasteiger partial charge is 0.317 e. The number of halogens is 4. The number of nitrogens with zero attached hydrogens (tertiary/aromatic N) is 2. The summed E-state index contributed by atoms with van der Waals surface area (Å²) >= 11 is 0. The van der Waals surface area contributed by atoms with Crippen molar-refractivity contribution < 1.29 is 36.6 Å². The fourth-order valence-electron chi connectivity index (χ4n) is 3.04. The minimum absolute atomic E-state index is 0.00453. The first-order chi connectivity index (χ1) is 15.1. The first-order valence-electron chi connectivity index (χ1n) is 9.72. The fraction of sp³-hybridized carbons (Fsp3) is 0.500. The third-order valence-corrected chi connectivity index (χ3v) is 4.76. The molecule has 32 heavy (non-hydrogen) atoms. The van der Waals surface area contributed by atoms with Crippen LogP contribution >= 0.6 is 0 Å². The maximum atomic E-state index is 15.5. The molecule has 0 aromatic heterocycles. The van der Waals surface area contributed by atoms with E-state index in [1.807, 2.05) is 6.07 Å². The van der Waals surface area contributed by atoms with E-state index < -0.39 is 35.5 Å². The Labute approximate surface area is 184 Å². The molecule has 0 fully saturated rings. The first-order valence-corrected chi connectivity index (χ1v) is 9.72. The Balaban J connectivity index is 0.00000161. The number of ketones is 1. The topological polar surface area (TPSA) is 79.6 Å². The van der Waals surface area contributed by atoms with Gasteiger partial charge < -0.3 is 14.4 Å². The fourth-order valence-corrected chi connectivity index (χ4v) is 3.04. The van der Waals surface area contributed by atoms with Crippen molar-refractivity contribution in [1.29, 1.82) is 5.26 Å². The molecule has 1 atom stereocenters. The van der Waals surface area contributed by atoms with Crippen LogP contribution in [0.5, 0.6) is 0 Å². The number of hydrogen-bond acceptors (Lipinski definition) is 5. The van der Waals surface area contributed by atoms with Crippen molar-refractivity contribution in [1.82, 2.24) is 4.90 Å². The minimum Gasteiger partial charge on any atom is -0.379 e. The molecule has 0 bridgehead atoms. The molecule has 6 nitrogen and oxygen atoms in total. The van der Waals surface area contributed by atoms with Crippen molar-refractivity contribution in [2.45, 2.75) is 26.1 Å². The van der Waals surface area contributed by atoms with E-state index in [0.29, 0.717) is 0 Å². The van der Waals surface area contributed by atoms with Gasteiger partial charge in [-0.1, -0.05) is 32.1 Å². The number of nitriles is 1. The maximum Gasteiger partial charge on any atom is 0.317 e. The molecule has 1 aromatic carbocycles. The van der Waals surface area contributed by atoms with Gasteiger partial charge in [-0.3, -0.25) is 9.59 Å². The molecule has 1 aliphatic rings. The van der Waals surface area contributed by atoms with Gasteiger partial charge >= 0.3 is 5.85 Å². The predicted octanol–water partition coefficient (Wildman–Crippen LogP) is 3.77. The van der Waals surface area contributed by atoms with Gasteiger partial charge in [0.1, 0.15) is 11.9 Å². The zero-order valence-corrected chi connectivity index (χ0v) is 18.2. The summed E-state index contributed by atoms with van der Waals surface area (Å²) in [5.41, 5.74) is -1.47. The number of allylic oxidation sites excluding steroid dienone is 1. The summed E-state index contributed by atoms with van der Waals surface area (Å²) in [6, 6.07) is 6.85. The van der Waals surface area contributed by atoms with Gasteiger partial charge in [0.15, 0.2) is 5.78 Å². The van der Waals surface area contributed by atoms with Gasteiger partial charge in [0.25, 0.3) is 5.91 Å². The van der Waals surface area contributed by atoms with Crippen LogP contribution in [0.1, 0.15) is 25.8 Å². The highest BCUT2D eigenvalue weighted by Crippen LogP contribution is 2.32. The van der Waals surface area contributed by atoms with Crippen LogP contribution in [0.15, 0.2) is 35.9 Å². The zero-order valence-electron chi connectivity index (χ0n) is 18.2. The van der Waals surface area contributed by atoms with Crippen molar-refractivity contribution in [3.8, 4) is 6.07 Å². The summed E-state index contributed by atoms with van der Waals surface area (Å²) in [6.07, 6.45) is 1.57. The Morgan fingerprint density at radius 2 is 1.94 bits per heavy atom. The highest BCUT2D eigenvalue weighted by atomic mass is 19.3. The van der Waals surface area contributed by atoms with Crippen LogP contribution in [-0.2, 0) is 24.9 Å². The molecule has 0 saturated heterocycles. The van der Waals surface area contributed by atoms with Gasteiger partial charge in [-0.25, -0.2) is 13.2 Å². The van der Waals surface area contributed by atoms with Crippen LogP contribution in [0.4, 0.5) is 17.6 Å². The number of rotatable bonds is 3. The van der Waals surface area contributed by atoms with E-state index in [-0.39, 0.29) is 44.1 Å². The number of alkyl halides is 3. The second kappa shape index (κ2) is 12.3. The number of methoxy groups -OCH3 is 1. The number of Topliss-reactive ketones (excluding diaryl/α,β-unsaturated/α-hetero) is 1. The summed E-state index contributed by atoms with van der Waals surface area (Å²) < 4.78 is 59.2. The van der Waals surface area contributed by atoms with E-state index in [9.17, 15) is 28.0 Å². The Morgan fingerprint density at radius 1 is 1.31 bits per heavy atom. The van der Waals surface area contributed by atoms with Crippen LogP contribution in [0.2, 0.25) is 0 Å². The average molecular weight is 458 g/mol. The van der Waals surface area contributed by atoms with Crippen LogP contribution in [0.25, 0.3) is 0 Å². The molecule has 1 aromatic rings. The molecule has 0 saturated carbocycles. The van der Waals surface area contributed by atoms with Crippen molar-refractivity contribution in [3.63, 3.8) is 0 Å². The maximum absolute atomic E-state index is 15.5. The Bertz CT molecular complexity index is 870. The largest absolute Gasteiger partial charge is 0.379 e. The summed E-state index contributed by atoms with van der Waals surface area (Å²) in [7, 11) is 0.988. The number of carbonyl (C=O) groups excluding carboxylic acids is 2. The van der Waals surface area contributed by atoms with Gasteiger partial charge in [-0.15, -0.1) is 0 Å². The third-order valence-electron chi connectivity index (χ3n) is 4.76. The standard InChI is InChI=1S/C21H24F2N2O4.CH2F2/c1-20(2)14-29-12-11-25(10-6-7-15(13-24)18(20)26)19(27)21(23,28-3)16-8-4-5-9-17(16)22;2-1-3/h4-5,7-9H,6,10-12,14H2,1-3H3;1H2/b15-7-;. The van der Waals surface area contributed by atoms with Crippen molar-refractivity contribution in [2.24, 2.45) is 5.41 Å². The van der Waals surface area contributed by atoms with Gasteiger partial charge in [0.2, 0.25) is 6.93 Å². The molecule has 0 aliphatic carbocycles. The second-order valence-corrected chi connectivity index (χ2v) is 7.46. The van der Waals surface area contributed by atoms with E-state index in [1.165, 1.54) is 18.2 Å². The van der Waals surface area contributed by atoms with Gasteiger partial charge in [0, 0.05) is 20.2 Å². The Morgan fingerprint density at radius 3 is 2.50 bits per heavy atom. The van der Waals surface area contributed by atoms with E-state index in [1.54, 1.807) is 13.8 Å². The number of carbonyl (C=O) groups is 2. The van der Waals surface area contributed by atoms with Crippen molar-refractivity contribution in [2.75, 3.05) is 40.3 Å². The molecule has 1 heterocycles. The van der Waals surface area contributed by atoms with Gasteiger partial charge in [-0.05, 0) is 18.6 Å². The molecule has 1 unspecified atom stereocenters. The molecule has 2 rings (SSSR count). The second-order valence-electron chi connectivity index (χ2n) is 7.46. The van der Waals surface area contributed by atoms with Gasteiger partial charge in [-0.2, -0.15) is 9.65 Å². The lowest BCUT2D eigenvalue weighted by Crippen LogP contribution is -2.47. The normalized spacial score (nSPS) is 20.4. The van der Waals surface area contributed by atoms with Crippen LogP contribution < -0.4 is 0 Å². The molecule has 1 amide bonds. The minimum atomic E-state index is -3.01. The Kier molecular flexibility index (Phi) is 10.5. The zero-order chi connectivity index (χ0) is 24.4. The summed E-state index contributed by atoms with van der Waals surface area (Å²) in [6.45, 7) is 1.67. The SMILES string of the molecule is COC(F)(C(=O)N1CC/C=C(/C#N)C(=O)C(C)(C)COCC1)c1ccccc1F.FCF. The highest BCUT2D eigenvalue weighted by molar-refractivity contribution is 6.02. The van der Waals surface area contributed by atoms with E-state index in [0.717, 1.165) is 24.1 Å². The average Bonchev–Trinajstić information content (AvgIpc) is 2.79. The lowest BCUT2D eigenvalue weighted by atomic mass is 9.85. The molecular formula is C22H26F4N2O4.